The molecule has 0 bridgehead atoms. The molecule has 0 aromatic heterocycles. The molecule has 35 heavy (non-hydrogen) atoms. The van der Waals surface area contributed by atoms with E-state index in [-0.39, 0.29) is 11.6 Å². The first-order valence-corrected chi connectivity index (χ1v) is 13.1. The monoisotopic (exact) mass is 476 g/mol. The minimum absolute atomic E-state index is 0.0301. The molecule has 0 radical (unpaired) electrons. The van der Waals surface area contributed by atoms with Crippen LogP contribution in [-0.2, 0) is 12.8 Å². The third-order valence-electron chi connectivity index (χ3n) is 6.60. The molecule has 0 unspecified atom stereocenters. The molecule has 1 aliphatic carbocycles. The lowest BCUT2D eigenvalue weighted by molar-refractivity contribution is 0.0979. The molecular weight excluding hydrogens is 448 g/mol. The Balaban J connectivity index is 0.000000156. The molecule has 0 atom stereocenters. The number of carbonyl (C=O) groups excluding carboxylic acids is 2. The fourth-order valence-corrected chi connectivity index (χ4v) is 5.78. The van der Waals surface area contributed by atoms with Crippen molar-refractivity contribution in [1.82, 2.24) is 0 Å². The molecule has 0 amide bonds. The molecule has 1 aliphatic heterocycles. The average Bonchev–Trinajstić information content (AvgIpc) is 2.91. The van der Waals surface area contributed by atoms with Crippen LogP contribution in [0.1, 0.15) is 74.7 Å². The molecule has 174 valence electrons. The highest BCUT2D eigenvalue weighted by Crippen LogP contribution is 2.38. The highest BCUT2D eigenvalue weighted by Gasteiger charge is 2.29. The van der Waals surface area contributed by atoms with E-state index in [1.165, 1.54) is 33.8 Å². The minimum Gasteiger partial charge on any atom is -0.289 e. The predicted molar refractivity (Wildman–Crippen MR) is 143 cm³/mol. The molecule has 0 N–H and O–H groups in total. The van der Waals surface area contributed by atoms with Crippen LogP contribution in [0.4, 0.5) is 0 Å². The Morgan fingerprint density at radius 1 is 0.629 bits per heavy atom. The summed E-state index contributed by atoms with van der Waals surface area (Å²) in [5.74, 6) is -0.0714. The fraction of sp³-hybridized carbons (Fsp3) is 0.188. The van der Waals surface area contributed by atoms with Gasteiger partial charge in [0.25, 0.3) is 0 Å². The van der Waals surface area contributed by atoms with Crippen molar-refractivity contribution < 1.29 is 9.59 Å². The summed E-state index contributed by atoms with van der Waals surface area (Å²) >= 11 is 1.88. The molecule has 0 spiro atoms. The Bertz CT molecular complexity index is 1310. The van der Waals surface area contributed by atoms with Crippen molar-refractivity contribution in [3.8, 4) is 0 Å². The summed E-state index contributed by atoms with van der Waals surface area (Å²) in [5.41, 5.74) is 6.20. The molecule has 3 heteroatoms. The lowest BCUT2D eigenvalue weighted by atomic mass is 9.83. The Morgan fingerprint density at radius 3 is 1.80 bits per heavy atom. The summed E-state index contributed by atoms with van der Waals surface area (Å²) in [6.07, 6.45) is 5.53. The zero-order valence-corrected chi connectivity index (χ0v) is 20.7. The second-order valence-corrected chi connectivity index (χ2v) is 10.1. The number of aryl methyl sites for hydroxylation is 1. The molecule has 0 fully saturated rings. The van der Waals surface area contributed by atoms with Gasteiger partial charge in [-0.15, -0.1) is 0 Å². The maximum Gasteiger partial charge on any atom is 0.194 e. The van der Waals surface area contributed by atoms with E-state index in [4.69, 9.17) is 0 Å². The number of carbonyl (C=O) groups is 2. The van der Waals surface area contributed by atoms with E-state index in [1.807, 2.05) is 30.0 Å². The van der Waals surface area contributed by atoms with Gasteiger partial charge in [-0.1, -0.05) is 104 Å². The minimum atomic E-state index is -0.0414. The second kappa shape index (κ2) is 10.5. The van der Waals surface area contributed by atoms with Crippen LogP contribution >= 0.6 is 11.8 Å². The molecule has 2 aliphatic rings. The second-order valence-electron chi connectivity index (χ2n) is 9.04. The zero-order valence-electron chi connectivity index (χ0n) is 19.9. The largest absolute Gasteiger partial charge is 0.289 e. The number of benzene rings is 4. The van der Waals surface area contributed by atoms with Crippen LogP contribution in [0.25, 0.3) is 0 Å². The highest BCUT2D eigenvalue weighted by molar-refractivity contribution is 7.99. The summed E-state index contributed by atoms with van der Waals surface area (Å²) in [4.78, 5) is 27.9. The summed E-state index contributed by atoms with van der Waals surface area (Å²) in [6.45, 7) is 2.17. The summed E-state index contributed by atoms with van der Waals surface area (Å²) < 4.78 is 0. The molecule has 0 saturated carbocycles. The van der Waals surface area contributed by atoms with Gasteiger partial charge in [-0.2, -0.15) is 0 Å². The highest BCUT2D eigenvalue weighted by atomic mass is 32.2. The summed E-state index contributed by atoms with van der Waals surface area (Å²) in [6, 6.07) is 30.1. The molecule has 4 aromatic rings. The van der Waals surface area contributed by atoms with Gasteiger partial charge < -0.3 is 0 Å². The SMILES string of the molecule is CCCCCc1ccc2c(c1)C(=O)c1ccccc1C2=O.c1ccc2c(c1)Cc1ccccc1S2. The van der Waals surface area contributed by atoms with Gasteiger partial charge >= 0.3 is 0 Å². The van der Waals surface area contributed by atoms with Crippen LogP contribution in [0.3, 0.4) is 0 Å². The van der Waals surface area contributed by atoms with E-state index < -0.39 is 0 Å². The Labute approximate surface area is 211 Å². The van der Waals surface area contributed by atoms with Crippen molar-refractivity contribution in [2.75, 3.05) is 0 Å². The number of unbranched alkanes of at least 4 members (excludes halogenated alkanes) is 2. The first-order chi connectivity index (χ1) is 17.2. The normalized spacial score (nSPS) is 13.1. The smallest absolute Gasteiger partial charge is 0.194 e. The maximum absolute atomic E-state index is 12.6. The van der Waals surface area contributed by atoms with Gasteiger partial charge in [0.05, 0.1) is 0 Å². The van der Waals surface area contributed by atoms with E-state index in [0.717, 1.165) is 24.8 Å². The summed E-state index contributed by atoms with van der Waals surface area (Å²) in [5, 5.41) is 0. The van der Waals surface area contributed by atoms with E-state index in [0.29, 0.717) is 22.3 Å². The van der Waals surface area contributed by atoms with Gasteiger partial charge in [0.15, 0.2) is 11.6 Å². The van der Waals surface area contributed by atoms with Crippen molar-refractivity contribution in [3.63, 3.8) is 0 Å². The van der Waals surface area contributed by atoms with Crippen molar-refractivity contribution >= 4 is 23.3 Å². The van der Waals surface area contributed by atoms with Crippen molar-refractivity contribution in [2.45, 2.75) is 48.8 Å². The molecule has 6 rings (SSSR count). The molecule has 1 heterocycles. The first-order valence-electron chi connectivity index (χ1n) is 12.3. The molecule has 0 saturated heterocycles. The lowest BCUT2D eigenvalue weighted by Crippen LogP contribution is -2.20. The standard InChI is InChI=1S/C19H18O2.C13H10S/c1-2-3-4-7-13-10-11-16-17(12-13)19(21)15-9-6-5-8-14(15)18(16)20;1-3-7-12-10(5-1)9-11-6-2-4-8-13(11)14-12/h5-6,8-12H,2-4,7H2,1H3;1-8H,9H2. The predicted octanol–water partition coefficient (Wildman–Crippen LogP) is 7.94. The van der Waals surface area contributed by atoms with Gasteiger partial charge in [-0.05, 0) is 54.2 Å². The Kier molecular flexibility index (Phi) is 6.96. The third kappa shape index (κ3) is 4.87. The van der Waals surface area contributed by atoms with Crippen LogP contribution in [0.2, 0.25) is 0 Å². The van der Waals surface area contributed by atoms with E-state index in [9.17, 15) is 9.59 Å². The topological polar surface area (TPSA) is 34.1 Å². The van der Waals surface area contributed by atoms with Crippen LogP contribution in [0.15, 0.2) is 101 Å². The third-order valence-corrected chi connectivity index (χ3v) is 7.84. The molecular formula is C32H28O2S. The van der Waals surface area contributed by atoms with Crippen molar-refractivity contribution in [1.29, 1.82) is 0 Å². The van der Waals surface area contributed by atoms with Gasteiger partial charge in [-0.25, -0.2) is 0 Å². The number of fused-ring (bicyclic) bond motifs is 4. The van der Waals surface area contributed by atoms with Gasteiger partial charge in [0.2, 0.25) is 0 Å². The molecule has 2 nitrogen and oxygen atoms in total. The van der Waals surface area contributed by atoms with Crippen LogP contribution < -0.4 is 0 Å². The first kappa shape index (κ1) is 23.3. The molecule has 4 aromatic carbocycles. The van der Waals surface area contributed by atoms with Gasteiger partial charge in [-0.3, -0.25) is 9.59 Å². The number of hydrogen-bond donors (Lipinski definition) is 0. The van der Waals surface area contributed by atoms with Gasteiger partial charge in [0, 0.05) is 32.0 Å². The quantitative estimate of drug-likeness (QED) is 0.242. The Hall–Kier alpha value is -3.43. The maximum atomic E-state index is 12.6. The number of hydrogen-bond acceptors (Lipinski definition) is 3. The van der Waals surface area contributed by atoms with Crippen molar-refractivity contribution in [2.24, 2.45) is 0 Å². The average molecular weight is 477 g/mol. The zero-order chi connectivity index (χ0) is 24.2. The van der Waals surface area contributed by atoms with Crippen molar-refractivity contribution in [3.05, 3.63) is 130 Å². The van der Waals surface area contributed by atoms with Gasteiger partial charge in [0.1, 0.15) is 0 Å². The van der Waals surface area contributed by atoms with Crippen LogP contribution in [-0.4, -0.2) is 11.6 Å². The number of ketones is 2. The van der Waals surface area contributed by atoms with Crippen LogP contribution in [0, 0.1) is 0 Å². The number of rotatable bonds is 4. The van der Waals surface area contributed by atoms with E-state index >= 15 is 0 Å². The Morgan fingerprint density at radius 2 is 1.17 bits per heavy atom. The lowest BCUT2D eigenvalue weighted by Gasteiger charge is -2.18. The van der Waals surface area contributed by atoms with E-state index in [1.54, 1.807) is 24.3 Å². The van der Waals surface area contributed by atoms with Crippen LogP contribution in [0.5, 0.6) is 0 Å². The fourth-order valence-electron chi connectivity index (χ4n) is 4.70. The van der Waals surface area contributed by atoms with E-state index in [2.05, 4.69) is 55.5 Å². The summed E-state index contributed by atoms with van der Waals surface area (Å²) in [7, 11) is 0.